The van der Waals surface area contributed by atoms with Gasteiger partial charge in [-0.25, -0.2) is 4.98 Å². The number of aliphatic hydroxyl groups excluding tert-OH is 1. The van der Waals surface area contributed by atoms with Gasteiger partial charge in [-0.2, -0.15) is 0 Å². The monoisotopic (exact) mass is 476 g/mol. The Balaban J connectivity index is 1.60. The molecule has 1 unspecified atom stereocenters. The van der Waals surface area contributed by atoms with Crippen LogP contribution in [0.25, 0.3) is 11.4 Å². The van der Waals surface area contributed by atoms with E-state index in [0.717, 1.165) is 18.7 Å². The van der Waals surface area contributed by atoms with Crippen molar-refractivity contribution in [3.8, 4) is 5.75 Å². The summed E-state index contributed by atoms with van der Waals surface area (Å²) in [4.78, 5) is 34.8. The van der Waals surface area contributed by atoms with Gasteiger partial charge in [0.05, 0.1) is 30.5 Å². The van der Waals surface area contributed by atoms with Gasteiger partial charge in [0.25, 0.3) is 11.7 Å². The molecule has 2 aromatic heterocycles. The van der Waals surface area contributed by atoms with Crippen LogP contribution in [0.1, 0.15) is 28.6 Å². The van der Waals surface area contributed by atoms with Crippen molar-refractivity contribution in [3.05, 3.63) is 70.7 Å². The van der Waals surface area contributed by atoms with E-state index >= 15 is 0 Å². The number of pyridine rings is 1. The lowest BCUT2D eigenvalue weighted by Crippen LogP contribution is -2.42. The molecule has 0 spiro atoms. The van der Waals surface area contributed by atoms with Gasteiger partial charge in [-0.1, -0.05) is 18.2 Å². The maximum atomic E-state index is 13.3. The van der Waals surface area contributed by atoms with Crippen LogP contribution in [0.5, 0.6) is 5.75 Å². The number of rotatable bonds is 5. The Morgan fingerprint density at radius 2 is 1.80 bits per heavy atom. The van der Waals surface area contributed by atoms with E-state index in [-0.39, 0.29) is 22.8 Å². The first kappa shape index (κ1) is 23.1. The van der Waals surface area contributed by atoms with E-state index in [0.29, 0.717) is 43.2 Å². The maximum absolute atomic E-state index is 13.3. The van der Waals surface area contributed by atoms with E-state index in [9.17, 15) is 19.8 Å². The minimum Gasteiger partial charge on any atom is -0.508 e. The van der Waals surface area contributed by atoms with Crippen molar-refractivity contribution in [2.75, 3.05) is 39.4 Å². The van der Waals surface area contributed by atoms with Gasteiger partial charge in [0, 0.05) is 32.4 Å². The summed E-state index contributed by atoms with van der Waals surface area (Å²) in [6, 6.07) is 9.38. The summed E-state index contributed by atoms with van der Waals surface area (Å²) in [5.41, 5.74) is 3.18. The fourth-order valence-electron chi connectivity index (χ4n) is 4.86. The molecule has 2 N–H and O–H groups in total. The number of phenolic OH excluding ortho intramolecular Hbond substituents is 1. The second-order valence-electron chi connectivity index (χ2n) is 8.97. The predicted molar refractivity (Wildman–Crippen MR) is 129 cm³/mol. The quantitative estimate of drug-likeness (QED) is 0.331. The molecule has 2 saturated heterocycles. The molecule has 1 atom stereocenters. The summed E-state index contributed by atoms with van der Waals surface area (Å²) in [5.74, 6) is -1.62. The summed E-state index contributed by atoms with van der Waals surface area (Å²) in [5, 5.41) is 21.2. The zero-order chi connectivity index (χ0) is 24.7. The maximum Gasteiger partial charge on any atom is 0.295 e. The van der Waals surface area contributed by atoms with Crippen LogP contribution >= 0.6 is 0 Å². The van der Waals surface area contributed by atoms with Gasteiger partial charge in [-0.15, -0.1) is 0 Å². The van der Waals surface area contributed by atoms with E-state index in [4.69, 9.17) is 4.74 Å². The average Bonchev–Trinajstić information content (AvgIpc) is 3.33. The van der Waals surface area contributed by atoms with Crippen LogP contribution in [0, 0.1) is 13.8 Å². The Morgan fingerprint density at radius 3 is 2.49 bits per heavy atom. The molecule has 0 aliphatic carbocycles. The van der Waals surface area contributed by atoms with Crippen molar-refractivity contribution < 1.29 is 24.5 Å². The topological polar surface area (TPSA) is 108 Å². The van der Waals surface area contributed by atoms with Crippen molar-refractivity contribution in [1.29, 1.82) is 0 Å². The van der Waals surface area contributed by atoms with Crippen LogP contribution in [0.4, 0.5) is 0 Å². The van der Waals surface area contributed by atoms with Crippen molar-refractivity contribution in [1.82, 2.24) is 19.2 Å². The first-order valence-corrected chi connectivity index (χ1v) is 11.7. The van der Waals surface area contributed by atoms with Crippen LogP contribution < -0.4 is 0 Å². The largest absolute Gasteiger partial charge is 0.508 e. The number of aryl methyl sites for hydroxylation is 2. The van der Waals surface area contributed by atoms with Gasteiger partial charge in [-0.3, -0.25) is 14.5 Å². The Kier molecular flexibility index (Phi) is 6.04. The van der Waals surface area contributed by atoms with Crippen molar-refractivity contribution in [3.63, 3.8) is 0 Å². The molecule has 4 heterocycles. The molecule has 0 saturated carbocycles. The lowest BCUT2D eigenvalue weighted by Gasteiger charge is -2.31. The summed E-state index contributed by atoms with van der Waals surface area (Å²) in [7, 11) is 0. The highest BCUT2D eigenvalue weighted by Crippen LogP contribution is 2.40. The Bertz CT molecular complexity index is 1320. The van der Waals surface area contributed by atoms with Crippen molar-refractivity contribution in [2.24, 2.45) is 0 Å². The molecule has 5 rings (SSSR count). The molecule has 1 aromatic carbocycles. The highest BCUT2D eigenvalue weighted by Gasteiger charge is 2.46. The van der Waals surface area contributed by atoms with Gasteiger partial charge in [0.2, 0.25) is 0 Å². The van der Waals surface area contributed by atoms with Gasteiger partial charge in [0.1, 0.15) is 17.1 Å². The van der Waals surface area contributed by atoms with Gasteiger partial charge >= 0.3 is 0 Å². The van der Waals surface area contributed by atoms with Crippen molar-refractivity contribution >= 4 is 23.1 Å². The summed E-state index contributed by atoms with van der Waals surface area (Å²) in [6.45, 7) is 7.42. The highest BCUT2D eigenvalue weighted by atomic mass is 16.5. The number of imidazole rings is 1. The van der Waals surface area contributed by atoms with E-state index in [2.05, 4.69) is 9.88 Å². The molecule has 2 aliphatic rings. The number of ether oxygens (including phenoxy) is 1. The Labute approximate surface area is 202 Å². The number of benzene rings is 1. The van der Waals surface area contributed by atoms with Gasteiger partial charge in [0.15, 0.2) is 5.76 Å². The molecule has 0 radical (unpaired) electrons. The summed E-state index contributed by atoms with van der Waals surface area (Å²) < 4.78 is 7.26. The second kappa shape index (κ2) is 9.16. The number of nitrogens with zero attached hydrogens (tertiary/aromatic N) is 4. The Hall–Kier alpha value is -3.69. The SMILES string of the molecule is Cc1cccn2c(C)c(/C(O)=C3\C(=O)C(=O)N(CCN4CCOCC4)C3c3ccc(O)cc3)nc12. The number of likely N-dealkylation sites (tertiary alicyclic amines) is 1. The molecule has 9 heteroatoms. The summed E-state index contributed by atoms with van der Waals surface area (Å²) in [6.07, 6.45) is 1.85. The standard InChI is InChI=1S/C26H28N4O5/c1-16-4-3-9-29-17(2)21(27-25(16)29)23(32)20-22(18-5-7-19(31)8-6-18)30(26(34)24(20)33)11-10-28-12-14-35-15-13-28/h3-9,22,31-32H,10-15H2,1-2H3/b23-20+. The number of amides is 1. The minimum absolute atomic E-state index is 0.00632. The normalized spacial score (nSPS) is 20.7. The van der Waals surface area contributed by atoms with Gasteiger partial charge in [-0.05, 0) is 43.2 Å². The number of carbonyl (C=O) groups is 2. The zero-order valence-corrected chi connectivity index (χ0v) is 19.8. The second-order valence-corrected chi connectivity index (χ2v) is 8.97. The molecule has 9 nitrogen and oxygen atoms in total. The fraction of sp³-hybridized carbons (Fsp3) is 0.346. The number of hydrogen-bond acceptors (Lipinski definition) is 7. The molecular weight excluding hydrogens is 448 g/mol. The molecular formula is C26H28N4O5. The number of aromatic hydroxyl groups is 1. The molecule has 2 aliphatic heterocycles. The van der Waals surface area contributed by atoms with Crippen LogP contribution in [-0.4, -0.2) is 80.5 Å². The highest BCUT2D eigenvalue weighted by molar-refractivity contribution is 6.46. The zero-order valence-electron chi connectivity index (χ0n) is 19.8. The van der Waals surface area contributed by atoms with E-state index < -0.39 is 17.7 Å². The van der Waals surface area contributed by atoms with E-state index in [1.54, 1.807) is 12.1 Å². The smallest absolute Gasteiger partial charge is 0.295 e. The van der Waals surface area contributed by atoms with Crippen LogP contribution in [0.2, 0.25) is 0 Å². The molecule has 182 valence electrons. The molecule has 35 heavy (non-hydrogen) atoms. The van der Waals surface area contributed by atoms with Crippen LogP contribution in [0.3, 0.4) is 0 Å². The Morgan fingerprint density at radius 1 is 1.09 bits per heavy atom. The molecule has 3 aromatic rings. The fourth-order valence-corrected chi connectivity index (χ4v) is 4.86. The number of aromatic nitrogens is 2. The third-order valence-corrected chi connectivity index (χ3v) is 6.82. The van der Waals surface area contributed by atoms with E-state index in [1.165, 1.54) is 17.0 Å². The molecule has 0 bridgehead atoms. The third-order valence-electron chi connectivity index (χ3n) is 6.82. The predicted octanol–water partition coefficient (Wildman–Crippen LogP) is 2.41. The number of aliphatic hydroxyl groups is 1. The van der Waals surface area contributed by atoms with Crippen LogP contribution in [-0.2, 0) is 14.3 Å². The first-order valence-electron chi connectivity index (χ1n) is 11.7. The number of hydrogen-bond donors (Lipinski definition) is 2. The first-order chi connectivity index (χ1) is 16.9. The average molecular weight is 477 g/mol. The summed E-state index contributed by atoms with van der Waals surface area (Å²) >= 11 is 0. The third kappa shape index (κ3) is 4.06. The number of Topliss-reactive ketones (excluding diaryl/α,β-unsaturated/α-hetero) is 1. The van der Waals surface area contributed by atoms with E-state index in [1.807, 2.05) is 36.6 Å². The van der Waals surface area contributed by atoms with Crippen LogP contribution in [0.15, 0.2) is 48.2 Å². The lowest BCUT2D eigenvalue weighted by atomic mass is 9.96. The number of phenols is 1. The van der Waals surface area contributed by atoms with Crippen molar-refractivity contribution in [2.45, 2.75) is 19.9 Å². The number of ketones is 1. The minimum atomic E-state index is -0.790. The molecule has 2 fully saturated rings. The number of fused-ring (bicyclic) bond motifs is 1. The number of carbonyl (C=O) groups excluding carboxylic acids is 2. The van der Waals surface area contributed by atoms with Gasteiger partial charge < -0.3 is 24.3 Å². The molecule has 1 amide bonds. The lowest BCUT2D eigenvalue weighted by molar-refractivity contribution is -0.140. The number of morpholine rings is 1.